The van der Waals surface area contributed by atoms with Gasteiger partial charge in [0.25, 0.3) is 0 Å². The van der Waals surface area contributed by atoms with Crippen molar-refractivity contribution < 1.29 is 19.4 Å². The van der Waals surface area contributed by atoms with E-state index in [-0.39, 0.29) is 5.56 Å². The van der Waals surface area contributed by atoms with Crippen LogP contribution in [0.3, 0.4) is 0 Å². The minimum atomic E-state index is -0.990. The van der Waals surface area contributed by atoms with Crippen molar-refractivity contribution in [3.8, 4) is 11.6 Å². The van der Waals surface area contributed by atoms with Crippen LogP contribution in [-0.2, 0) is 0 Å². The smallest absolute Gasteiger partial charge is 0.335 e. The summed E-state index contributed by atoms with van der Waals surface area (Å²) in [7, 11) is 0. The van der Waals surface area contributed by atoms with Crippen molar-refractivity contribution in [2.45, 2.75) is 6.92 Å². The number of carbonyl (C=O) groups is 2. The Balaban J connectivity index is 2.19. The zero-order valence-electron chi connectivity index (χ0n) is 10.2. The topological polar surface area (TPSA) is 76.5 Å². The highest BCUT2D eigenvalue weighted by molar-refractivity contribution is 5.87. The van der Waals surface area contributed by atoms with Crippen LogP contribution in [0.25, 0.3) is 0 Å². The molecule has 0 saturated heterocycles. The van der Waals surface area contributed by atoms with Gasteiger partial charge in [0, 0.05) is 11.6 Å². The van der Waals surface area contributed by atoms with Gasteiger partial charge in [-0.05, 0) is 37.3 Å². The maximum atomic E-state index is 10.7. The number of hydrogen-bond acceptors (Lipinski definition) is 4. The highest BCUT2D eigenvalue weighted by Gasteiger charge is 2.05. The van der Waals surface area contributed by atoms with Gasteiger partial charge in [-0.2, -0.15) is 0 Å². The molecule has 2 aromatic rings. The number of aromatic carboxylic acids is 1. The highest BCUT2D eigenvalue weighted by atomic mass is 16.5. The molecule has 0 aliphatic rings. The van der Waals surface area contributed by atoms with Crippen LogP contribution < -0.4 is 4.74 Å². The number of aromatic nitrogens is 1. The predicted molar refractivity (Wildman–Crippen MR) is 67.8 cm³/mol. The molecular formula is C14H11NO4. The summed E-state index contributed by atoms with van der Waals surface area (Å²) >= 11 is 0. The largest absolute Gasteiger partial charge is 0.478 e. The number of carboxylic acid groups (broad SMARTS) is 1. The van der Waals surface area contributed by atoms with Crippen LogP contribution in [0.2, 0.25) is 0 Å². The standard InChI is InChI=1S/C14H11NO4/c1-9-11(8-16)4-7-13(15-9)19-12-5-2-10(3-6-12)14(17)18/h2-8H,1H3,(H,17,18). The van der Waals surface area contributed by atoms with Crippen LogP contribution in [0.15, 0.2) is 36.4 Å². The summed E-state index contributed by atoms with van der Waals surface area (Å²) < 4.78 is 5.47. The van der Waals surface area contributed by atoms with E-state index < -0.39 is 5.97 Å². The van der Waals surface area contributed by atoms with Gasteiger partial charge in [0.1, 0.15) is 5.75 Å². The Labute approximate surface area is 109 Å². The molecule has 0 unspecified atom stereocenters. The molecule has 0 spiro atoms. The van der Waals surface area contributed by atoms with Crippen molar-refractivity contribution >= 4 is 12.3 Å². The molecule has 19 heavy (non-hydrogen) atoms. The van der Waals surface area contributed by atoms with Crippen molar-refractivity contribution in [2.75, 3.05) is 0 Å². The first-order chi connectivity index (χ1) is 9.10. The SMILES string of the molecule is Cc1nc(Oc2ccc(C(=O)O)cc2)ccc1C=O. The lowest BCUT2D eigenvalue weighted by atomic mass is 10.2. The number of nitrogens with zero attached hydrogens (tertiary/aromatic N) is 1. The molecule has 1 aromatic carbocycles. The Kier molecular flexibility index (Phi) is 3.56. The Hall–Kier alpha value is -2.69. The van der Waals surface area contributed by atoms with Gasteiger partial charge in [-0.15, -0.1) is 0 Å². The lowest BCUT2D eigenvalue weighted by Gasteiger charge is -2.06. The lowest BCUT2D eigenvalue weighted by Crippen LogP contribution is -1.96. The van der Waals surface area contributed by atoms with Crippen LogP contribution in [0.1, 0.15) is 26.4 Å². The fraction of sp³-hybridized carbons (Fsp3) is 0.0714. The van der Waals surface area contributed by atoms with Crippen molar-refractivity contribution in [2.24, 2.45) is 0 Å². The van der Waals surface area contributed by atoms with Gasteiger partial charge in [-0.3, -0.25) is 4.79 Å². The third-order valence-corrected chi connectivity index (χ3v) is 2.55. The maximum Gasteiger partial charge on any atom is 0.335 e. The molecule has 0 atom stereocenters. The molecule has 0 bridgehead atoms. The minimum absolute atomic E-state index is 0.188. The maximum absolute atomic E-state index is 10.7. The van der Waals surface area contributed by atoms with Crippen LogP contribution in [0, 0.1) is 6.92 Å². The third kappa shape index (κ3) is 2.95. The van der Waals surface area contributed by atoms with Gasteiger partial charge in [0.2, 0.25) is 5.88 Å². The molecule has 0 aliphatic carbocycles. The number of rotatable bonds is 4. The van der Waals surface area contributed by atoms with E-state index in [9.17, 15) is 9.59 Å². The Bertz CT molecular complexity index is 620. The molecule has 5 heteroatoms. The number of ether oxygens (including phenoxy) is 1. The van der Waals surface area contributed by atoms with E-state index in [2.05, 4.69) is 4.98 Å². The molecule has 2 rings (SSSR count). The fourth-order valence-electron chi connectivity index (χ4n) is 1.52. The molecule has 1 N–H and O–H groups in total. The first-order valence-electron chi connectivity index (χ1n) is 5.54. The summed E-state index contributed by atoms with van der Waals surface area (Å²) in [5.41, 5.74) is 1.27. The number of carbonyl (C=O) groups excluding carboxylic acids is 1. The molecule has 0 radical (unpaired) electrons. The summed E-state index contributed by atoms with van der Waals surface area (Å²) in [6.07, 6.45) is 0.730. The van der Waals surface area contributed by atoms with Crippen LogP contribution >= 0.6 is 0 Å². The van der Waals surface area contributed by atoms with Gasteiger partial charge < -0.3 is 9.84 Å². The average molecular weight is 257 g/mol. The van der Waals surface area contributed by atoms with Crippen LogP contribution in [0.4, 0.5) is 0 Å². The Morgan fingerprint density at radius 2 is 1.89 bits per heavy atom. The number of aryl methyl sites for hydroxylation is 1. The molecule has 0 saturated carbocycles. The van der Waals surface area contributed by atoms with Gasteiger partial charge >= 0.3 is 5.97 Å². The van der Waals surface area contributed by atoms with Crippen molar-refractivity contribution in [3.63, 3.8) is 0 Å². The summed E-state index contributed by atoms with van der Waals surface area (Å²) in [6.45, 7) is 1.71. The monoisotopic (exact) mass is 257 g/mol. The molecule has 5 nitrogen and oxygen atoms in total. The zero-order chi connectivity index (χ0) is 13.8. The van der Waals surface area contributed by atoms with Gasteiger partial charge in [-0.25, -0.2) is 9.78 Å². The molecule has 0 fully saturated rings. The number of pyridine rings is 1. The first-order valence-corrected chi connectivity index (χ1v) is 5.54. The van der Waals surface area contributed by atoms with E-state index in [0.29, 0.717) is 22.9 Å². The van der Waals surface area contributed by atoms with E-state index in [4.69, 9.17) is 9.84 Å². The van der Waals surface area contributed by atoms with Gasteiger partial charge in [0.15, 0.2) is 6.29 Å². The first kappa shape index (κ1) is 12.8. The number of benzene rings is 1. The molecule has 96 valence electrons. The lowest BCUT2D eigenvalue weighted by molar-refractivity contribution is 0.0696. The Morgan fingerprint density at radius 1 is 1.21 bits per heavy atom. The number of carboxylic acids is 1. The molecule has 0 amide bonds. The van der Waals surface area contributed by atoms with E-state index in [1.807, 2.05) is 0 Å². The van der Waals surface area contributed by atoms with E-state index in [0.717, 1.165) is 6.29 Å². The number of hydrogen-bond donors (Lipinski definition) is 1. The highest BCUT2D eigenvalue weighted by Crippen LogP contribution is 2.20. The second-order valence-electron chi connectivity index (χ2n) is 3.87. The van der Waals surface area contributed by atoms with Crippen molar-refractivity contribution in [3.05, 3.63) is 53.2 Å². The summed E-state index contributed by atoms with van der Waals surface area (Å²) in [5, 5.41) is 8.77. The van der Waals surface area contributed by atoms with E-state index in [1.54, 1.807) is 31.2 Å². The zero-order valence-corrected chi connectivity index (χ0v) is 10.2. The van der Waals surface area contributed by atoms with Gasteiger partial charge in [0.05, 0.1) is 11.3 Å². The number of aldehydes is 1. The van der Waals surface area contributed by atoms with Crippen molar-refractivity contribution in [1.82, 2.24) is 4.98 Å². The van der Waals surface area contributed by atoms with E-state index in [1.165, 1.54) is 12.1 Å². The van der Waals surface area contributed by atoms with Gasteiger partial charge in [-0.1, -0.05) is 0 Å². The van der Waals surface area contributed by atoms with Crippen LogP contribution in [0.5, 0.6) is 11.6 Å². The second kappa shape index (κ2) is 5.30. The minimum Gasteiger partial charge on any atom is -0.478 e. The van der Waals surface area contributed by atoms with Crippen molar-refractivity contribution in [1.29, 1.82) is 0 Å². The van der Waals surface area contributed by atoms with E-state index >= 15 is 0 Å². The molecule has 0 aliphatic heterocycles. The molecule has 1 heterocycles. The molecule has 1 aromatic heterocycles. The Morgan fingerprint density at radius 3 is 2.42 bits per heavy atom. The third-order valence-electron chi connectivity index (χ3n) is 2.55. The summed E-state index contributed by atoms with van der Waals surface area (Å²) in [4.78, 5) is 25.5. The summed E-state index contributed by atoms with van der Waals surface area (Å²) in [5.74, 6) is -0.155. The normalized spacial score (nSPS) is 9.95. The molecular weight excluding hydrogens is 246 g/mol. The quantitative estimate of drug-likeness (QED) is 0.852. The predicted octanol–water partition coefficient (Wildman–Crippen LogP) is 2.69. The average Bonchev–Trinajstić information content (AvgIpc) is 2.39. The summed E-state index contributed by atoms with van der Waals surface area (Å²) in [6, 6.07) is 9.20. The fourth-order valence-corrected chi connectivity index (χ4v) is 1.52. The second-order valence-corrected chi connectivity index (χ2v) is 3.87. The van der Waals surface area contributed by atoms with Crippen LogP contribution in [-0.4, -0.2) is 22.3 Å².